The Kier molecular flexibility index (Phi) is 5.76. The van der Waals surface area contributed by atoms with Crippen molar-refractivity contribution in [1.29, 1.82) is 0 Å². The van der Waals surface area contributed by atoms with Crippen molar-refractivity contribution in [2.24, 2.45) is 5.92 Å². The predicted octanol–water partition coefficient (Wildman–Crippen LogP) is 0.338. The molecule has 122 valence electrons. The molecule has 0 N–H and O–H groups in total. The van der Waals surface area contributed by atoms with E-state index in [0.29, 0.717) is 32.7 Å². The summed E-state index contributed by atoms with van der Waals surface area (Å²) in [4.78, 5) is 14.6. The first-order valence-corrected chi connectivity index (χ1v) is 9.56. The number of piperidine rings is 1. The van der Waals surface area contributed by atoms with Crippen molar-refractivity contribution < 1.29 is 17.9 Å². The van der Waals surface area contributed by atoms with Gasteiger partial charge in [0.25, 0.3) is 0 Å². The third-order valence-corrected chi connectivity index (χ3v) is 5.67. The van der Waals surface area contributed by atoms with Gasteiger partial charge in [-0.1, -0.05) is 6.92 Å². The molecule has 2 saturated heterocycles. The molecule has 2 atom stereocenters. The van der Waals surface area contributed by atoms with E-state index in [4.69, 9.17) is 4.74 Å². The van der Waals surface area contributed by atoms with Gasteiger partial charge < -0.3 is 4.74 Å². The fraction of sp³-hybridized carbons (Fsp3) is 0.929. The van der Waals surface area contributed by atoms with E-state index >= 15 is 0 Å². The Morgan fingerprint density at radius 1 is 1.29 bits per heavy atom. The number of hydrogen-bond acceptors (Lipinski definition) is 5. The lowest BCUT2D eigenvalue weighted by Gasteiger charge is -2.34. The Labute approximate surface area is 127 Å². The molecule has 2 fully saturated rings. The van der Waals surface area contributed by atoms with Crippen LogP contribution in [-0.4, -0.2) is 75.1 Å². The molecule has 0 aromatic carbocycles. The summed E-state index contributed by atoms with van der Waals surface area (Å²) in [6.45, 7) is 6.20. The summed E-state index contributed by atoms with van der Waals surface area (Å²) in [6.07, 6.45) is 3.07. The molecule has 7 heteroatoms. The van der Waals surface area contributed by atoms with Crippen LogP contribution < -0.4 is 0 Å². The van der Waals surface area contributed by atoms with Gasteiger partial charge in [0.1, 0.15) is 6.10 Å². The molecule has 6 nitrogen and oxygen atoms in total. The van der Waals surface area contributed by atoms with Gasteiger partial charge in [-0.15, -0.1) is 0 Å². The number of ketones is 1. The minimum atomic E-state index is -3.15. The lowest BCUT2D eigenvalue weighted by molar-refractivity contribution is -0.137. The molecule has 0 aliphatic carbocycles. The van der Waals surface area contributed by atoms with E-state index in [1.54, 1.807) is 0 Å². The van der Waals surface area contributed by atoms with Crippen molar-refractivity contribution in [3.8, 4) is 0 Å². The molecule has 2 heterocycles. The highest BCUT2D eigenvalue weighted by molar-refractivity contribution is 7.88. The number of likely N-dealkylation sites (N-methyl/N-ethyl adjacent to an activating group) is 1. The number of Topliss-reactive ketones (excluding diaryl/α,β-unsaturated/α-hetero) is 1. The lowest BCUT2D eigenvalue weighted by atomic mass is 9.92. The fourth-order valence-electron chi connectivity index (χ4n) is 3.10. The highest BCUT2D eigenvalue weighted by Crippen LogP contribution is 2.23. The van der Waals surface area contributed by atoms with Gasteiger partial charge in [0.15, 0.2) is 5.78 Å². The maximum absolute atomic E-state index is 12.4. The zero-order valence-electron chi connectivity index (χ0n) is 13.0. The molecule has 0 spiro atoms. The molecule has 0 amide bonds. The molecule has 0 saturated carbocycles. The first-order chi connectivity index (χ1) is 9.90. The van der Waals surface area contributed by atoms with E-state index in [9.17, 15) is 13.2 Å². The van der Waals surface area contributed by atoms with Gasteiger partial charge in [0.05, 0.1) is 12.9 Å². The number of carbonyl (C=O) groups is 1. The SMILES string of the molecule is CCN1CCOC(C(=O)CC2CCCN(S(C)(=O)=O)C2)C1. The van der Waals surface area contributed by atoms with Crippen LogP contribution in [0.25, 0.3) is 0 Å². The first-order valence-electron chi connectivity index (χ1n) is 7.72. The van der Waals surface area contributed by atoms with Crippen LogP contribution in [0.15, 0.2) is 0 Å². The van der Waals surface area contributed by atoms with Crippen LogP contribution in [0.2, 0.25) is 0 Å². The van der Waals surface area contributed by atoms with E-state index in [0.717, 1.165) is 25.9 Å². The number of nitrogens with zero attached hydrogens (tertiary/aromatic N) is 2. The number of rotatable bonds is 5. The van der Waals surface area contributed by atoms with Crippen molar-refractivity contribution in [3.63, 3.8) is 0 Å². The van der Waals surface area contributed by atoms with E-state index in [1.807, 2.05) is 0 Å². The molecule has 0 aromatic heterocycles. The van der Waals surface area contributed by atoms with Crippen LogP contribution in [0.3, 0.4) is 0 Å². The molecule has 2 rings (SSSR count). The van der Waals surface area contributed by atoms with Gasteiger partial charge in [-0.25, -0.2) is 12.7 Å². The zero-order valence-corrected chi connectivity index (χ0v) is 13.8. The van der Waals surface area contributed by atoms with Crippen molar-refractivity contribution in [2.45, 2.75) is 32.3 Å². The maximum atomic E-state index is 12.4. The molecule has 0 radical (unpaired) electrons. The van der Waals surface area contributed by atoms with E-state index in [-0.39, 0.29) is 17.8 Å². The number of hydrogen-bond donors (Lipinski definition) is 0. The number of sulfonamides is 1. The minimum absolute atomic E-state index is 0.119. The van der Waals surface area contributed by atoms with Gasteiger partial charge in [0.2, 0.25) is 10.0 Å². The van der Waals surface area contributed by atoms with Gasteiger partial charge in [-0.3, -0.25) is 9.69 Å². The van der Waals surface area contributed by atoms with Crippen LogP contribution in [-0.2, 0) is 19.6 Å². The smallest absolute Gasteiger partial charge is 0.211 e. The Bertz CT molecular complexity index is 466. The molecule has 0 aromatic rings. The van der Waals surface area contributed by atoms with Crippen LogP contribution in [0.4, 0.5) is 0 Å². The number of carbonyl (C=O) groups excluding carboxylic acids is 1. The largest absolute Gasteiger partial charge is 0.368 e. The van der Waals surface area contributed by atoms with Gasteiger partial charge in [0, 0.05) is 32.6 Å². The van der Waals surface area contributed by atoms with Crippen LogP contribution in [0.5, 0.6) is 0 Å². The number of ether oxygens (including phenoxy) is 1. The van der Waals surface area contributed by atoms with Crippen molar-refractivity contribution in [1.82, 2.24) is 9.21 Å². The summed E-state index contributed by atoms with van der Waals surface area (Å²) in [6, 6.07) is 0. The van der Waals surface area contributed by atoms with Gasteiger partial charge >= 0.3 is 0 Å². The van der Waals surface area contributed by atoms with Crippen LogP contribution in [0.1, 0.15) is 26.2 Å². The predicted molar refractivity (Wildman–Crippen MR) is 80.6 cm³/mol. The topological polar surface area (TPSA) is 66.9 Å². The normalized spacial score (nSPS) is 29.4. The lowest BCUT2D eigenvalue weighted by Crippen LogP contribution is -2.47. The Morgan fingerprint density at radius 2 is 2.05 bits per heavy atom. The monoisotopic (exact) mass is 318 g/mol. The molecule has 2 aliphatic heterocycles. The third kappa shape index (κ3) is 4.74. The molecular weight excluding hydrogens is 292 g/mol. The Morgan fingerprint density at radius 3 is 2.71 bits per heavy atom. The minimum Gasteiger partial charge on any atom is -0.368 e. The van der Waals surface area contributed by atoms with Gasteiger partial charge in [-0.2, -0.15) is 0 Å². The Balaban J connectivity index is 1.87. The third-order valence-electron chi connectivity index (χ3n) is 4.40. The highest BCUT2D eigenvalue weighted by Gasteiger charge is 2.31. The van der Waals surface area contributed by atoms with Crippen molar-refractivity contribution in [3.05, 3.63) is 0 Å². The van der Waals surface area contributed by atoms with Crippen molar-refractivity contribution in [2.75, 3.05) is 45.6 Å². The summed E-state index contributed by atoms with van der Waals surface area (Å²) in [7, 11) is -3.15. The first kappa shape index (κ1) is 16.9. The maximum Gasteiger partial charge on any atom is 0.211 e. The molecule has 2 aliphatic rings. The Hall–Kier alpha value is -0.500. The molecule has 2 unspecified atom stereocenters. The van der Waals surface area contributed by atoms with Gasteiger partial charge in [-0.05, 0) is 25.3 Å². The summed E-state index contributed by atoms with van der Waals surface area (Å²) < 4.78 is 30.3. The fourth-order valence-corrected chi connectivity index (χ4v) is 4.04. The number of morpholine rings is 1. The van der Waals surface area contributed by atoms with E-state index < -0.39 is 10.0 Å². The highest BCUT2D eigenvalue weighted by atomic mass is 32.2. The summed E-state index contributed by atoms with van der Waals surface area (Å²) >= 11 is 0. The quantitative estimate of drug-likeness (QED) is 0.731. The summed E-state index contributed by atoms with van der Waals surface area (Å²) in [5, 5.41) is 0. The average molecular weight is 318 g/mol. The van der Waals surface area contributed by atoms with E-state index in [2.05, 4.69) is 11.8 Å². The molecule has 21 heavy (non-hydrogen) atoms. The van der Waals surface area contributed by atoms with E-state index in [1.165, 1.54) is 10.6 Å². The second-order valence-electron chi connectivity index (χ2n) is 6.05. The summed E-state index contributed by atoms with van der Waals surface area (Å²) in [5.74, 6) is 0.245. The second kappa shape index (κ2) is 7.17. The molecular formula is C14H26N2O4S. The zero-order chi connectivity index (χ0) is 15.5. The van der Waals surface area contributed by atoms with Crippen molar-refractivity contribution >= 4 is 15.8 Å². The van der Waals surface area contributed by atoms with Crippen LogP contribution in [0, 0.1) is 5.92 Å². The molecule has 0 bridgehead atoms. The van der Waals surface area contributed by atoms with Crippen LogP contribution >= 0.6 is 0 Å². The second-order valence-corrected chi connectivity index (χ2v) is 8.03. The summed E-state index contributed by atoms with van der Waals surface area (Å²) in [5.41, 5.74) is 0. The standard InChI is InChI=1S/C14H26N2O4S/c1-3-15-7-8-20-14(11-15)13(17)9-12-5-4-6-16(10-12)21(2,18)19/h12,14H,3-11H2,1-2H3. The average Bonchev–Trinajstić information content (AvgIpc) is 2.46.